The van der Waals surface area contributed by atoms with Crippen LogP contribution in [0.2, 0.25) is 0 Å². The van der Waals surface area contributed by atoms with Crippen molar-refractivity contribution in [2.45, 2.75) is 18.5 Å². The van der Waals surface area contributed by atoms with E-state index < -0.39 is 0 Å². The van der Waals surface area contributed by atoms with E-state index in [-0.39, 0.29) is 17.6 Å². The Labute approximate surface area is 178 Å². The van der Waals surface area contributed by atoms with Gasteiger partial charge in [-0.2, -0.15) is 0 Å². The molecule has 2 amide bonds. The lowest BCUT2D eigenvalue weighted by Gasteiger charge is -2.17. The maximum Gasteiger partial charge on any atom is 0.289 e. The number of nitrogens with zero attached hydrogens (tertiary/aromatic N) is 3. The summed E-state index contributed by atoms with van der Waals surface area (Å²) in [7, 11) is 0. The molecule has 0 bridgehead atoms. The van der Waals surface area contributed by atoms with Crippen LogP contribution in [0.3, 0.4) is 0 Å². The molecule has 0 spiro atoms. The second-order valence-electron chi connectivity index (χ2n) is 6.94. The Bertz CT molecular complexity index is 1060. The molecule has 0 aliphatic carbocycles. The van der Waals surface area contributed by atoms with Crippen molar-refractivity contribution in [2.75, 3.05) is 37.4 Å². The third-order valence-corrected chi connectivity index (χ3v) is 5.49. The Morgan fingerprint density at radius 2 is 2.10 bits per heavy atom. The van der Waals surface area contributed by atoms with E-state index in [0.29, 0.717) is 48.5 Å². The summed E-state index contributed by atoms with van der Waals surface area (Å²) >= 11 is 1.28. The number of amides is 2. The lowest BCUT2D eigenvalue weighted by atomic mass is 10.2. The fraction of sp³-hybridized carbons (Fsp3) is 0.333. The van der Waals surface area contributed by atoms with Crippen molar-refractivity contribution in [3.63, 3.8) is 0 Å². The molecule has 0 saturated carbocycles. The van der Waals surface area contributed by atoms with Gasteiger partial charge >= 0.3 is 0 Å². The highest BCUT2D eigenvalue weighted by molar-refractivity contribution is 7.99. The number of ether oxygens (including phenoxy) is 1. The van der Waals surface area contributed by atoms with Crippen molar-refractivity contribution in [1.82, 2.24) is 14.9 Å². The van der Waals surface area contributed by atoms with Crippen molar-refractivity contribution in [3.8, 4) is 0 Å². The van der Waals surface area contributed by atoms with Crippen LogP contribution in [0, 0.1) is 6.92 Å². The molecule has 3 heterocycles. The van der Waals surface area contributed by atoms with Gasteiger partial charge in [-0.3, -0.25) is 9.59 Å². The van der Waals surface area contributed by atoms with Crippen LogP contribution in [0.4, 0.5) is 5.69 Å². The summed E-state index contributed by atoms with van der Waals surface area (Å²) in [6.07, 6.45) is 2.49. The van der Waals surface area contributed by atoms with E-state index >= 15 is 0 Å². The summed E-state index contributed by atoms with van der Waals surface area (Å²) in [5, 5.41) is 4.19. The number of aryl methyl sites for hydroxylation is 1. The minimum absolute atomic E-state index is 0.142. The summed E-state index contributed by atoms with van der Waals surface area (Å²) < 4.78 is 11.1. The van der Waals surface area contributed by atoms with Gasteiger partial charge in [0.05, 0.1) is 12.4 Å². The number of fused-ring (bicyclic) bond motifs is 1. The Kier molecular flexibility index (Phi) is 6.29. The molecule has 4 rings (SSSR count). The highest BCUT2D eigenvalue weighted by Crippen LogP contribution is 2.24. The van der Waals surface area contributed by atoms with Crippen LogP contribution in [0.1, 0.15) is 22.7 Å². The molecule has 1 fully saturated rings. The fourth-order valence-corrected chi connectivity index (χ4v) is 3.83. The van der Waals surface area contributed by atoms with Crippen LogP contribution in [0.15, 0.2) is 46.1 Å². The van der Waals surface area contributed by atoms with E-state index in [9.17, 15) is 9.59 Å². The van der Waals surface area contributed by atoms with Crippen molar-refractivity contribution in [3.05, 3.63) is 48.0 Å². The number of carbonyl (C=O) groups excluding carboxylic acids is 2. The van der Waals surface area contributed by atoms with Crippen LogP contribution in [-0.4, -0.2) is 58.7 Å². The molecule has 3 aromatic rings. The molecule has 30 heavy (non-hydrogen) atoms. The third-order valence-electron chi connectivity index (χ3n) is 4.63. The maximum atomic E-state index is 12.7. The van der Waals surface area contributed by atoms with E-state index in [4.69, 9.17) is 9.15 Å². The molecular formula is C21H22N4O4S. The van der Waals surface area contributed by atoms with Crippen LogP contribution in [-0.2, 0) is 9.53 Å². The number of anilines is 1. The summed E-state index contributed by atoms with van der Waals surface area (Å²) in [6.45, 7) is 4.29. The molecule has 1 aliphatic rings. The Morgan fingerprint density at radius 3 is 2.97 bits per heavy atom. The average molecular weight is 426 g/mol. The minimum atomic E-state index is -0.159. The highest BCUT2D eigenvalue weighted by atomic mass is 32.2. The molecule has 8 nitrogen and oxygen atoms in total. The first kappa shape index (κ1) is 20.4. The van der Waals surface area contributed by atoms with Gasteiger partial charge in [-0.25, -0.2) is 9.97 Å². The van der Waals surface area contributed by atoms with E-state index in [1.165, 1.54) is 11.8 Å². The van der Waals surface area contributed by atoms with Crippen molar-refractivity contribution in [2.24, 2.45) is 0 Å². The number of aromatic nitrogens is 2. The molecule has 0 unspecified atom stereocenters. The first-order chi connectivity index (χ1) is 14.6. The predicted molar refractivity (Wildman–Crippen MR) is 114 cm³/mol. The zero-order valence-electron chi connectivity index (χ0n) is 16.6. The number of hydrogen-bond donors (Lipinski definition) is 1. The van der Waals surface area contributed by atoms with Gasteiger partial charge in [0.15, 0.2) is 10.9 Å². The molecule has 156 valence electrons. The van der Waals surface area contributed by atoms with Crippen LogP contribution >= 0.6 is 11.8 Å². The standard InChI is InChI=1S/C21H22N4O4S/c1-14-5-6-22-21(23-14)30-13-19(26)24-16-3-4-17-15(11-16)12-18(29-17)20(27)25-7-2-9-28-10-8-25/h3-6,11-12H,2,7-10,13H2,1H3,(H,24,26). The van der Waals surface area contributed by atoms with Gasteiger partial charge in [0.2, 0.25) is 5.91 Å². The quantitative estimate of drug-likeness (QED) is 0.494. The first-order valence-corrected chi connectivity index (χ1v) is 10.7. The molecule has 0 atom stereocenters. The van der Waals surface area contributed by atoms with E-state index in [0.717, 1.165) is 17.5 Å². The zero-order chi connectivity index (χ0) is 20.9. The third kappa shape index (κ3) is 4.98. The molecule has 1 aromatic carbocycles. The molecular weight excluding hydrogens is 404 g/mol. The summed E-state index contributed by atoms with van der Waals surface area (Å²) in [5.74, 6) is 0.196. The SMILES string of the molecule is Cc1ccnc(SCC(=O)Nc2ccc3oc(C(=O)N4CCCOCC4)cc3c2)n1. The number of thioether (sulfide) groups is 1. The first-order valence-electron chi connectivity index (χ1n) is 9.71. The van der Waals surface area contributed by atoms with Crippen LogP contribution in [0.25, 0.3) is 11.0 Å². The lowest BCUT2D eigenvalue weighted by Crippen LogP contribution is -2.32. The van der Waals surface area contributed by atoms with E-state index in [1.807, 2.05) is 13.0 Å². The van der Waals surface area contributed by atoms with Gasteiger partial charge in [0, 0.05) is 42.7 Å². The van der Waals surface area contributed by atoms with E-state index in [1.54, 1.807) is 35.4 Å². The Morgan fingerprint density at radius 1 is 1.20 bits per heavy atom. The van der Waals surface area contributed by atoms with Crippen LogP contribution < -0.4 is 5.32 Å². The summed E-state index contributed by atoms with van der Waals surface area (Å²) in [5.41, 5.74) is 2.10. The second kappa shape index (κ2) is 9.27. The van der Waals surface area contributed by atoms with Gasteiger partial charge in [-0.15, -0.1) is 0 Å². The highest BCUT2D eigenvalue weighted by Gasteiger charge is 2.21. The Balaban J connectivity index is 1.40. The number of benzene rings is 1. The number of rotatable bonds is 5. The number of nitrogens with one attached hydrogen (secondary N) is 1. The molecule has 1 saturated heterocycles. The van der Waals surface area contributed by atoms with Crippen molar-refractivity contribution < 1.29 is 18.7 Å². The van der Waals surface area contributed by atoms with Gasteiger partial charge < -0.3 is 19.4 Å². The smallest absolute Gasteiger partial charge is 0.289 e. The van der Waals surface area contributed by atoms with Gasteiger partial charge in [0.25, 0.3) is 5.91 Å². The predicted octanol–water partition coefficient (Wildman–Crippen LogP) is 3.12. The topological polar surface area (TPSA) is 97.6 Å². The summed E-state index contributed by atoms with van der Waals surface area (Å²) in [4.78, 5) is 35.2. The minimum Gasteiger partial charge on any atom is -0.451 e. The molecule has 9 heteroatoms. The summed E-state index contributed by atoms with van der Waals surface area (Å²) in [6, 6.07) is 8.83. The fourth-order valence-electron chi connectivity index (χ4n) is 3.15. The second-order valence-corrected chi connectivity index (χ2v) is 7.88. The van der Waals surface area contributed by atoms with Gasteiger partial charge in [-0.05, 0) is 43.7 Å². The zero-order valence-corrected chi connectivity index (χ0v) is 17.4. The molecule has 2 aromatic heterocycles. The number of carbonyl (C=O) groups is 2. The average Bonchev–Trinajstić information content (AvgIpc) is 2.97. The van der Waals surface area contributed by atoms with E-state index in [2.05, 4.69) is 15.3 Å². The van der Waals surface area contributed by atoms with Crippen molar-refractivity contribution >= 4 is 40.2 Å². The van der Waals surface area contributed by atoms with Crippen LogP contribution in [0.5, 0.6) is 0 Å². The number of hydrogen-bond acceptors (Lipinski definition) is 7. The number of furan rings is 1. The normalized spacial score (nSPS) is 14.5. The van der Waals surface area contributed by atoms with Crippen molar-refractivity contribution in [1.29, 1.82) is 0 Å². The molecule has 0 radical (unpaired) electrons. The Hall–Kier alpha value is -2.91. The monoisotopic (exact) mass is 426 g/mol. The molecule has 1 aliphatic heterocycles. The lowest BCUT2D eigenvalue weighted by molar-refractivity contribution is -0.113. The van der Waals surface area contributed by atoms with Gasteiger partial charge in [-0.1, -0.05) is 11.8 Å². The van der Waals surface area contributed by atoms with Gasteiger partial charge in [0.1, 0.15) is 5.58 Å². The largest absolute Gasteiger partial charge is 0.451 e. The molecule has 1 N–H and O–H groups in total. The maximum absolute atomic E-state index is 12.7.